The maximum absolute atomic E-state index is 3.38. The van der Waals surface area contributed by atoms with Crippen LogP contribution in [0.2, 0.25) is 0 Å². The van der Waals surface area contributed by atoms with E-state index < -0.39 is 0 Å². The summed E-state index contributed by atoms with van der Waals surface area (Å²) < 4.78 is 0. The van der Waals surface area contributed by atoms with Gasteiger partial charge in [-0.25, -0.2) is 0 Å². The van der Waals surface area contributed by atoms with Gasteiger partial charge < -0.3 is 0 Å². The molecule has 0 unspecified atom stereocenters. The molecule has 0 heterocycles. The van der Waals surface area contributed by atoms with E-state index in [1.54, 1.807) is 11.9 Å². The predicted octanol–water partition coefficient (Wildman–Crippen LogP) is 1.12. The summed E-state index contributed by atoms with van der Waals surface area (Å²) in [4.78, 5) is 0. The van der Waals surface area contributed by atoms with Gasteiger partial charge in [0.25, 0.3) is 0 Å². The standard InChI is InChI=1S/C3H5P/c1-2-3-4/h2-4H,1H2. The second-order valence-corrected chi connectivity index (χ2v) is 0.736. The van der Waals surface area contributed by atoms with Crippen molar-refractivity contribution in [2.75, 3.05) is 0 Å². The van der Waals surface area contributed by atoms with Crippen LogP contribution in [0.15, 0.2) is 12.7 Å². The van der Waals surface area contributed by atoms with Crippen LogP contribution in [0, 0.1) is 0 Å². The number of hydrogen-bond donors (Lipinski definition) is 0. The molecule has 0 aromatic heterocycles. The largest absolute Gasteiger partial charge is 0.122 e. The van der Waals surface area contributed by atoms with Crippen molar-refractivity contribution in [3.63, 3.8) is 0 Å². The summed E-state index contributed by atoms with van der Waals surface area (Å²) >= 11 is 0. The molecule has 4 heavy (non-hydrogen) atoms. The molecule has 0 aliphatic heterocycles. The Morgan fingerprint density at radius 2 is 2.00 bits per heavy atom. The summed E-state index contributed by atoms with van der Waals surface area (Å²) in [5.74, 6) is 1.69. The van der Waals surface area contributed by atoms with Crippen molar-refractivity contribution in [3.05, 3.63) is 12.7 Å². The molecule has 0 nitrogen and oxygen atoms in total. The molecule has 0 saturated heterocycles. The van der Waals surface area contributed by atoms with Crippen molar-refractivity contribution in [1.82, 2.24) is 0 Å². The maximum Gasteiger partial charge on any atom is -0.0425 e. The average molecular weight is 72.0 g/mol. The average Bonchev–Trinajstić information content (AvgIpc) is 1.37. The van der Waals surface area contributed by atoms with Crippen molar-refractivity contribution < 1.29 is 0 Å². The van der Waals surface area contributed by atoms with Gasteiger partial charge in [-0.1, -0.05) is 12.7 Å². The molecule has 0 aromatic rings. The molecule has 0 bridgehead atoms. The van der Waals surface area contributed by atoms with Crippen LogP contribution in [-0.4, -0.2) is 5.80 Å². The first-order valence-electron chi connectivity index (χ1n) is 1.03. The normalized spacial score (nSPS) is 5.00. The predicted molar refractivity (Wildman–Crippen MR) is 24.6 cm³/mol. The fourth-order valence-corrected chi connectivity index (χ4v) is 0. The van der Waals surface area contributed by atoms with Gasteiger partial charge in [0.15, 0.2) is 0 Å². The van der Waals surface area contributed by atoms with Crippen molar-refractivity contribution in [2.24, 2.45) is 0 Å². The second-order valence-electron chi connectivity index (χ2n) is 0.402. The van der Waals surface area contributed by atoms with Crippen molar-refractivity contribution in [2.45, 2.75) is 0 Å². The summed E-state index contributed by atoms with van der Waals surface area (Å²) in [6.07, 6.45) is 1.66. The molecular formula is C3H5P. The van der Waals surface area contributed by atoms with Crippen LogP contribution in [0.4, 0.5) is 0 Å². The molecule has 0 amide bonds. The quantitative estimate of drug-likeness (QED) is 0.407. The highest BCUT2D eigenvalue weighted by Crippen LogP contribution is 1.51. The summed E-state index contributed by atoms with van der Waals surface area (Å²) in [5, 5.41) is 0. The van der Waals surface area contributed by atoms with Gasteiger partial charge in [0, 0.05) is 0 Å². The Balaban J connectivity index is 2.73. The Bertz CT molecular complexity index is 24.3. The molecule has 0 aromatic carbocycles. The minimum atomic E-state index is 1.66. The van der Waals surface area contributed by atoms with Gasteiger partial charge in [-0.3, -0.25) is 0 Å². The van der Waals surface area contributed by atoms with Crippen LogP contribution in [0.25, 0.3) is 0 Å². The summed E-state index contributed by atoms with van der Waals surface area (Å²) in [6.45, 7) is 3.38. The Morgan fingerprint density at radius 3 is 2.00 bits per heavy atom. The lowest BCUT2D eigenvalue weighted by atomic mass is 10.8. The topological polar surface area (TPSA) is 0 Å². The molecule has 0 saturated carbocycles. The minimum absolute atomic E-state index is 1.66. The van der Waals surface area contributed by atoms with E-state index in [1.807, 2.05) is 0 Å². The minimum Gasteiger partial charge on any atom is -0.122 e. The summed E-state index contributed by atoms with van der Waals surface area (Å²) in [7, 11) is 3.04. The lowest BCUT2D eigenvalue weighted by molar-refractivity contribution is 2.56. The first-order valence-corrected chi connectivity index (χ1v) is 1.61. The second kappa shape index (κ2) is 2.91. The number of hydrogen-bond acceptors (Lipinski definition) is 0. The van der Waals surface area contributed by atoms with Crippen molar-refractivity contribution in [3.8, 4) is 0 Å². The van der Waals surface area contributed by atoms with Gasteiger partial charge >= 0.3 is 0 Å². The van der Waals surface area contributed by atoms with Crippen LogP contribution in [0.1, 0.15) is 0 Å². The SMILES string of the molecule is C=CC=P. The van der Waals surface area contributed by atoms with Crippen LogP contribution >= 0.6 is 8.86 Å². The third kappa shape index (κ3) is 1.91. The fraction of sp³-hybridized carbons (Fsp3) is 0. The Kier molecular flexibility index (Phi) is 2.84. The maximum atomic E-state index is 3.38. The fourth-order valence-electron chi connectivity index (χ4n) is 0. The molecule has 22 valence electrons. The zero-order valence-corrected chi connectivity index (χ0v) is 3.36. The van der Waals surface area contributed by atoms with E-state index >= 15 is 0 Å². The Labute approximate surface area is 28.4 Å². The molecular weight excluding hydrogens is 67.0 g/mol. The van der Waals surface area contributed by atoms with Gasteiger partial charge in [-0.15, -0.1) is 8.86 Å². The van der Waals surface area contributed by atoms with E-state index in [2.05, 4.69) is 15.4 Å². The van der Waals surface area contributed by atoms with Crippen molar-refractivity contribution >= 4 is 14.7 Å². The van der Waals surface area contributed by atoms with E-state index in [0.29, 0.717) is 0 Å². The van der Waals surface area contributed by atoms with Gasteiger partial charge in [0.05, 0.1) is 0 Å². The van der Waals surface area contributed by atoms with Gasteiger partial charge in [0.1, 0.15) is 0 Å². The van der Waals surface area contributed by atoms with E-state index in [1.165, 1.54) is 0 Å². The zero-order chi connectivity index (χ0) is 3.41. The molecule has 0 aliphatic rings. The molecule has 0 fully saturated rings. The molecule has 0 rings (SSSR count). The summed E-state index contributed by atoms with van der Waals surface area (Å²) in [5.41, 5.74) is 0. The van der Waals surface area contributed by atoms with E-state index in [4.69, 9.17) is 0 Å². The van der Waals surface area contributed by atoms with Gasteiger partial charge in [-0.05, 0) is 5.80 Å². The molecule has 0 aliphatic carbocycles. The molecule has 0 N–H and O–H groups in total. The highest BCUT2D eigenvalue weighted by molar-refractivity contribution is 7.18. The zero-order valence-electron chi connectivity index (χ0n) is 2.36. The molecule has 0 radical (unpaired) electrons. The van der Waals surface area contributed by atoms with E-state index in [0.717, 1.165) is 0 Å². The highest BCUT2D eigenvalue weighted by Gasteiger charge is 1.30. The lowest BCUT2D eigenvalue weighted by Crippen LogP contribution is -1.35. The molecule has 0 atom stereocenters. The van der Waals surface area contributed by atoms with Crippen LogP contribution in [0.5, 0.6) is 0 Å². The highest BCUT2D eigenvalue weighted by atomic mass is 31.0. The van der Waals surface area contributed by atoms with E-state index in [9.17, 15) is 0 Å². The first-order chi connectivity index (χ1) is 1.91. The van der Waals surface area contributed by atoms with E-state index in [-0.39, 0.29) is 0 Å². The molecule has 0 spiro atoms. The smallest absolute Gasteiger partial charge is 0.0425 e. The monoisotopic (exact) mass is 72.0 g/mol. The van der Waals surface area contributed by atoms with Crippen LogP contribution < -0.4 is 0 Å². The number of rotatable bonds is 1. The van der Waals surface area contributed by atoms with Crippen molar-refractivity contribution in [1.29, 1.82) is 0 Å². The van der Waals surface area contributed by atoms with Crippen LogP contribution in [-0.2, 0) is 0 Å². The number of allylic oxidation sites excluding steroid dienone is 1. The Hall–Kier alpha value is -0.0900. The van der Waals surface area contributed by atoms with Crippen LogP contribution in [0.3, 0.4) is 0 Å². The summed E-state index contributed by atoms with van der Waals surface area (Å²) in [6, 6.07) is 0. The third-order valence-electron chi connectivity index (χ3n) is 0.118. The third-order valence-corrected chi connectivity index (χ3v) is 0.354. The first kappa shape index (κ1) is 3.91. The van der Waals surface area contributed by atoms with Gasteiger partial charge in [-0.2, -0.15) is 0 Å². The Morgan fingerprint density at radius 1 is 1.75 bits per heavy atom. The molecule has 1 heteroatoms. The van der Waals surface area contributed by atoms with Gasteiger partial charge in [0.2, 0.25) is 0 Å². The lowest BCUT2D eigenvalue weighted by Gasteiger charge is -1.43.